The van der Waals surface area contributed by atoms with Crippen LogP contribution in [0.5, 0.6) is 0 Å². The van der Waals surface area contributed by atoms with E-state index < -0.39 is 5.91 Å². The van der Waals surface area contributed by atoms with Crippen LogP contribution in [-0.2, 0) is 6.42 Å². The van der Waals surface area contributed by atoms with Crippen molar-refractivity contribution in [2.24, 2.45) is 0 Å². The maximum Gasteiger partial charge on any atom is 0.259 e. The number of amides is 2. The molecule has 1 heterocycles. The van der Waals surface area contributed by atoms with Crippen molar-refractivity contribution in [2.75, 3.05) is 11.9 Å². The zero-order valence-corrected chi connectivity index (χ0v) is 17.3. The largest absolute Gasteiger partial charge is 0.352 e. The van der Waals surface area contributed by atoms with Crippen LogP contribution >= 0.6 is 46.1 Å². The third-order valence-electron chi connectivity index (χ3n) is 3.61. The van der Waals surface area contributed by atoms with Gasteiger partial charge in [-0.2, -0.15) is 0 Å². The van der Waals surface area contributed by atoms with Crippen molar-refractivity contribution in [3.8, 4) is 0 Å². The van der Waals surface area contributed by atoms with Gasteiger partial charge < -0.3 is 5.32 Å². The van der Waals surface area contributed by atoms with Gasteiger partial charge >= 0.3 is 0 Å². The normalized spacial score (nSPS) is 10.5. The maximum atomic E-state index is 12.3. The van der Waals surface area contributed by atoms with E-state index in [1.807, 2.05) is 0 Å². The molecular formula is C18H13Cl3N4O2S. The van der Waals surface area contributed by atoms with Gasteiger partial charge in [0.15, 0.2) is 0 Å². The molecule has 6 nitrogen and oxygen atoms in total. The molecule has 3 rings (SSSR count). The molecule has 1 aromatic heterocycles. The molecule has 0 bridgehead atoms. The molecule has 0 aliphatic carbocycles. The third-order valence-corrected chi connectivity index (χ3v) is 5.38. The first-order valence-corrected chi connectivity index (χ1v) is 10.0. The topological polar surface area (TPSA) is 84.0 Å². The van der Waals surface area contributed by atoms with Crippen LogP contribution in [0.4, 0.5) is 5.13 Å². The van der Waals surface area contributed by atoms with Crippen LogP contribution in [0.1, 0.15) is 25.7 Å². The van der Waals surface area contributed by atoms with E-state index in [4.69, 9.17) is 34.8 Å². The number of halogens is 3. The van der Waals surface area contributed by atoms with Crippen LogP contribution < -0.4 is 10.6 Å². The number of hydrogen-bond donors (Lipinski definition) is 2. The van der Waals surface area contributed by atoms with Crippen molar-refractivity contribution >= 4 is 63.1 Å². The van der Waals surface area contributed by atoms with Gasteiger partial charge in [-0.05, 0) is 30.3 Å². The summed E-state index contributed by atoms with van der Waals surface area (Å²) < 4.78 is 0. The van der Waals surface area contributed by atoms with E-state index in [1.165, 1.54) is 23.5 Å². The van der Waals surface area contributed by atoms with Crippen LogP contribution in [0, 0.1) is 0 Å². The van der Waals surface area contributed by atoms with Gasteiger partial charge in [0.2, 0.25) is 5.13 Å². The smallest absolute Gasteiger partial charge is 0.259 e. The van der Waals surface area contributed by atoms with Crippen molar-refractivity contribution in [1.82, 2.24) is 15.5 Å². The molecule has 28 heavy (non-hydrogen) atoms. The Bertz CT molecular complexity index is 1030. The van der Waals surface area contributed by atoms with E-state index >= 15 is 0 Å². The van der Waals surface area contributed by atoms with Crippen LogP contribution in [0.15, 0.2) is 42.5 Å². The second kappa shape index (κ2) is 9.34. The first-order valence-electron chi connectivity index (χ1n) is 8.05. The highest BCUT2D eigenvalue weighted by Gasteiger charge is 2.14. The first-order chi connectivity index (χ1) is 13.4. The minimum absolute atomic E-state index is 0.247. The summed E-state index contributed by atoms with van der Waals surface area (Å²) in [6.45, 7) is 0.357. The fourth-order valence-electron chi connectivity index (χ4n) is 2.27. The second-order valence-corrected chi connectivity index (χ2v) is 7.88. The zero-order valence-electron chi connectivity index (χ0n) is 14.2. The summed E-state index contributed by atoms with van der Waals surface area (Å²) in [6.07, 6.45) is 0.464. The molecule has 2 N–H and O–H groups in total. The molecule has 3 aromatic rings. The third kappa shape index (κ3) is 5.20. The SMILES string of the molecule is O=C(NCCc1nnc(NC(=O)c2ccc(Cl)cc2Cl)s1)c1ccccc1Cl. The molecule has 10 heteroatoms. The highest BCUT2D eigenvalue weighted by molar-refractivity contribution is 7.15. The van der Waals surface area contributed by atoms with Gasteiger partial charge in [-0.15, -0.1) is 10.2 Å². The molecule has 0 fully saturated rings. The van der Waals surface area contributed by atoms with E-state index in [0.717, 1.165) is 0 Å². The molecule has 0 aliphatic rings. The highest BCUT2D eigenvalue weighted by Crippen LogP contribution is 2.23. The Morgan fingerprint density at radius 1 is 0.929 bits per heavy atom. The Balaban J connectivity index is 1.53. The van der Waals surface area contributed by atoms with Gasteiger partial charge in [0.05, 0.1) is 21.2 Å². The number of hydrogen-bond acceptors (Lipinski definition) is 5. The van der Waals surface area contributed by atoms with E-state index in [1.54, 1.807) is 30.3 Å². The lowest BCUT2D eigenvalue weighted by Crippen LogP contribution is -2.25. The van der Waals surface area contributed by atoms with Gasteiger partial charge in [-0.25, -0.2) is 0 Å². The number of carbonyl (C=O) groups is 2. The minimum atomic E-state index is -0.406. The zero-order chi connectivity index (χ0) is 20.1. The summed E-state index contributed by atoms with van der Waals surface area (Å²) in [4.78, 5) is 24.4. The average molecular weight is 456 g/mol. The van der Waals surface area contributed by atoms with Crippen molar-refractivity contribution in [1.29, 1.82) is 0 Å². The standard InChI is InChI=1S/C18H13Cl3N4O2S/c19-10-5-6-12(14(21)9-10)17(27)23-18-25-24-15(28-18)7-8-22-16(26)11-3-1-2-4-13(11)20/h1-6,9H,7-8H2,(H,22,26)(H,23,25,27). The monoisotopic (exact) mass is 454 g/mol. The average Bonchev–Trinajstić information content (AvgIpc) is 3.09. The molecule has 0 saturated carbocycles. The second-order valence-electron chi connectivity index (χ2n) is 5.56. The molecule has 0 atom stereocenters. The van der Waals surface area contributed by atoms with Crippen molar-refractivity contribution in [3.63, 3.8) is 0 Å². The minimum Gasteiger partial charge on any atom is -0.352 e. The predicted molar refractivity (Wildman–Crippen MR) is 112 cm³/mol. The number of nitrogens with zero attached hydrogens (tertiary/aromatic N) is 2. The van der Waals surface area contributed by atoms with Crippen molar-refractivity contribution in [3.05, 3.63) is 73.7 Å². The number of rotatable bonds is 6. The number of anilines is 1. The Kier molecular flexibility index (Phi) is 6.85. The van der Waals surface area contributed by atoms with E-state index in [0.29, 0.717) is 38.7 Å². The van der Waals surface area contributed by atoms with Crippen LogP contribution in [0.2, 0.25) is 15.1 Å². The molecule has 0 saturated heterocycles. The summed E-state index contributed by atoms with van der Waals surface area (Å²) in [5.74, 6) is -0.669. The van der Waals surface area contributed by atoms with Crippen LogP contribution in [0.3, 0.4) is 0 Å². The first kappa shape index (κ1) is 20.5. The van der Waals surface area contributed by atoms with Gasteiger partial charge in [0.25, 0.3) is 11.8 Å². The number of nitrogens with one attached hydrogen (secondary N) is 2. The Labute approximate surface area is 179 Å². The van der Waals surface area contributed by atoms with Crippen molar-refractivity contribution < 1.29 is 9.59 Å². The molecule has 0 spiro atoms. The summed E-state index contributed by atoms with van der Waals surface area (Å²) >= 11 is 19.1. The fourth-order valence-corrected chi connectivity index (χ4v) is 3.72. The van der Waals surface area contributed by atoms with Gasteiger partial charge in [-0.1, -0.05) is 58.3 Å². The summed E-state index contributed by atoms with van der Waals surface area (Å²) in [5.41, 5.74) is 0.698. The lowest BCUT2D eigenvalue weighted by atomic mass is 10.2. The van der Waals surface area contributed by atoms with Crippen molar-refractivity contribution in [2.45, 2.75) is 6.42 Å². The van der Waals surface area contributed by atoms with Crippen LogP contribution in [0.25, 0.3) is 0 Å². The van der Waals surface area contributed by atoms with Gasteiger partial charge in [0.1, 0.15) is 5.01 Å². The highest BCUT2D eigenvalue weighted by atomic mass is 35.5. The van der Waals surface area contributed by atoms with E-state index in [9.17, 15) is 9.59 Å². The summed E-state index contributed by atoms with van der Waals surface area (Å²) in [6, 6.07) is 11.4. The van der Waals surface area contributed by atoms with Crippen LogP contribution in [-0.4, -0.2) is 28.6 Å². The lowest BCUT2D eigenvalue weighted by Gasteiger charge is -2.05. The number of aromatic nitrogens is 2. The summed E-state index contributed by atoms with van der Waals surface area (Å²) in [5, 5.41) is 15.4. The molecule has 0 radical (unpaired) electrons. The Hall–Kier alpha value is -2.19. The lowest BCUT2D eigenvalue weighted by molar-refractivity contribution is 0.0953. The van der Waals surface area contributed by atoms with Gasteiger partial charge in [0, 0.05) is 18.0 Å². The molecule has 2 amide bonds. The quantitative estimate of drug-likeness (QED) is 0.563. The fraction of sp³-hybridized carbons (Fsp3) is 0.111. The Morgan fingerprint density at radius 3 is 2.43 bits per heavy atom. The summed E-state index contributed by atoms with van der Waals surface area (Å²) in [7, 11) is 0. The van der Waals surface area contributed by atoms with Gasteiger partial charge in [-0.3, -0.25) is 14.9 Å². The molecule has 144 valence electrons. The molecular weight excluding hydrogens is 443 g/mol. The molecule has 0 unspecified atom stereocenters. The molecule has 0 aliphatic heterocycles. The molecule has 2 aromatic carbocycles. The van der Waals surface area contributed by atoms with E-state index in [-0.39, 0.29) is 16.5 Å². The predicted octanol–water partition coefficient (Wildman–Crippen LogP) is 4.72. The number of carbonyl (C=O) groups excluding carboxylic acids is 2. The number of benzene rings is 2. The maximum absolute atomic E-state index is 12.3. The van der Waals surface area contributed by atoms with E-state index in [2.05, 4.69) is 20.8 Å². The Morgan fingerprint density at radius 2 is 1.68 bits per heavy atom.